The van der Waals surface area contributed by atoms with Crippen LogP contribution in [0.3, 0.4) is 0 Å². The Kier molecular flexibility index (Phi) is 4.92. The zero-order valence-corrected chi connectivity index (χ0v) is 13.2. The predicted octanol–water partition coefficient (Wildman–Crippen LogP) is 1.22. The Morgan fingerprint density at radius 2 is 2.14 bits per heavy atom. The summed E-state index contributed by atoms with van der Waals surface area (Å²) >= 11 is 0. The highest BCUT2D eigenvalue weighted by molar-refractivity contribution is 5.34. The first-order valence-electron chi connectivity index (χ1n) is 7.14. The number of aliphatic hydroxyl groups excluding tert-OH is 1. The van der Waals surface area contributed by atoms with Crippen LogP contribution in [0.25, 0.3) is 5.78 Å². The van der Waals surface area contributed by atoms with Crippen molar-refractivity contribution in [2.45, 2.75) is 39.3 Å². The molecule has 2 heterocycles. The fourth-order valence-corrected chi connectivity index (χ4v) is 2.48. The van der Waals surface area contributed by atoms with Crippen molar-refractivity contribution in [3.63, 3.8) is 0 Å². The van der Waals surface area contributed by atoms with Crippen molar-refractivity contribution in [2.75, 3.05) is 20.3 Å². The van der Waals surface area contributed by atoms with Gasteiger partial charge in [-0.1, -0.05) is 0 Å². The van der Waals surface area contributed by atoms with E-state index in [2.05, 4.69) is 15.3 Å². The standard InChI is InChI=1S/C15H24N4O2/c1-11-7-12(2)19-9-13(18-14(19)17-11)8-16-15(3,5-6-20)10-21-4/h7,9,16,20H,5-6,8,10H2,1-4H3. The fourth-order valence-electron chi connectivity index (χ4n) is 2.48. The number of aromatic nitrogens is 3. The van der Waals surface area contributed by atoms with Gasteiger partial charge in [0.1, 0.15) is 0 Å². The summed E-state index contributed by atoms with van der Waals surface area (Å²) in [6.07, 6.45) is 2.63. The van der Waals surface area contributed by atoms with Crippen LogP contribution in [0, 0.1) is 13.8 Å². The van der Waals surface area contributed by atoms with Crippen molar-refractivity contribution < 1.29 is 9.84 Å². The van der Waals surface area contributed by atoms with E-state index in [1.807, 2.05) is 37.4 Å². The maximum atomic E-state index is 9.18. The third-order valence-electron chi connectivity index (χ3n) is 3.63. The van der Waals surface area contributed by atoms with Crippen LogP contribution in [0.1, 0.15) is 30.4 Å². The van der Waals surface area contributed by atoms with Gasteiger partial charge in [0.15, 0.2) is 0 Å². The summed E-state index contributed by atoms with van der Waals surface area (Å²) in [5.74, 6) is 0.722. The van der Waals surface area contributed by atoms with Gasteiger partial charge in [-0.25, -0.2) is 9.97 Å². The van der Waals surface area contributed by atoms with Crippen LogP contribution in [0.15, 0.2) is 12.3 Å². The minimum absolute atomic E-state index is 0.123. The Morgan fingerprint density at radius 3 is 2.81 bits per heavy atom. The molecule has 6 heteroatoms. The van der Waals surface area contributed by atoms with E-state index in [0.29, 0.717) is 19.6 Å². The Labute approximate surface area is 125 Å². The zero-order valence-electron chi connectivity index (χ0n) is 13.2. The number of imidazole rings is 1. The van der Waals surface area contributed by atoms with Gasteiger partial charge in [-0.3, -0.25) is 4.40 Å². The van der Waals surface area contributed by atoms with Crippen LogP contribution in [0.4, 0.5) is 0 Å². The smallest absolute Gasteiger partial charge is 0.234 e. The first-order valence-corrected chi connectivity index (χ1v) is 7.14. The first-order chi connectivity index (χ1) is 9.97. The lowest BCUT2D eigenvalue weighted by molar-refractivity contribution is 0.0967. The topological polar surface area (TPSA) is 71.7 Å². The summed E-state index contributed by atoms with van der Waals surface area (Å²) in [5, 5.41) is 12.6. The van der Waals surface area contributed by atoms with Crippen molar-refractivity contribution in [3.05, 3.63) is 29.3 Å². The van der Waals surface area contributed by atoms with Gasteiger partial charge in [-0.05, 0) is 33.3 Å². The number of aliphatic hydroxyl groups is 1. The van der Waals surface area contributed by atoms with E-state index in [4.69, 9.17) is 4.74 Å². The van der Waals surface area contributed by atoms with Crippen LogP contribution in [-0.2, 0) is 11.3 Å². The van der Waals surface area contributed by atoms with Crippen molar-refractivity contribution in [1.82, 2.24) is 19.7 Å². The Balaban J connectivity index is 2.14. The summed E-state index contributed by atoms with van der Waals surface area (Å²) in [4.78, 5) is 8.98. The second kappa shape index (κ2) is 6.51. The SMILES string of the molecule is COCC(C)(CCO)NCc1cn2c(C)cc(C)nc2n1. The number of hydrogen-bond donors (Lipinski definition) is 2. The summed E-state index contributed by atoms with van der Waals surface area (Å²) in [6.45, 7) is 7.32. The second-order valence-electron chi connectivity index (χ2n) is 5.76. The summed E-state index contributed by atoms with van der Waals surface area (Å²) in [5.41, 5.74) is 2.75. The summed E-state index contributed by atoms with van der Waals surface area (Å²) < 4.78 is 7.22. The van der Waals surface area contributed by atoms with Crippen LogP contribution in [0.2, 0.25) is 0 Å². The lowest BCUT2D eigenvalue weighted by Crippen LogP contribution is -2.46. The number of fused-ring (bicyclic) bond motifs is 1. The van der Waals surface area contributed by atoms with Gasteiger partial charge in [-0.15, -0.1) is 0 Å². The van der Waals surface area contributed by atoms with Gasteiger partial charge in [0.05, 0.1) is 12.3 Å². The molecule has 0 radical (unpaired) electrons. The molecule has 0 bridgehead atoms. The van der Waals surface area contributed by atoms with Crippen molar-refractivity contribution in [2.24, 2.45) is 0 Å². The number of methoxy groups -OCH3 is 1. The minimum atomic E-state index is -0.266. The molecule has 0 fully saturated rings. The number of hydrogen-bond acceptors (Lipinski definition) is 5. The predicted molar refractivity (Wildman–Crippen MR) is 81.3 cm³/mol. The van der Waals surface area contributed by atoms with Crippen LogP contribution in [-0.4, -0.2) is 45.3 Å². The molecule has 1 atom stereocenters. The van der Waals surface area contributed by atoms with E-state index in [1.54, 1.807) is 7.11 Å². The molecule has 6 nitrogen and oxygen atoms in total. The molecule has 0 aliphatic rings. The van der Waals surface area contributed by atoms with Gasteiger partial charge in [0.25, 0.3) is 0 Å². The van der Waals surface area contributed by atoms with Crippen LogP contribution < -0.4 is 5.32 Å². The van der Waals surface area contributed by atoms with Crippen molar-refractivity contribution >= 4 is 5.78 Å². The van der Waals surface area contributed by atoms with Gasteiger partial charge in [0, 0.05) is 43.4 Å². The molecule has 0 saturated carbocycles. The van der Waals surface area contributed by atoms with E-state index >= 15 is 0 Å². The number of nitrogens with one attached hydrogen (secondary N) is 1. The van der Waals surface area contributed by atoms with Crippen LogP contribution >= 0.6 is 0 Å². The van der Waals surface area contributed by atoms with E-state index in [0.717, 1.165) is 22.9 Å². The molecule has 2 rings (SSSR count). The highest BCUT2D eigenvalue weighted by Gasteiger charge is 2.23. The molecule has 2 aromatic heterocycles. The molecule has 0 aromatic carbocycles. The molecule has 0 amide bonds. The second-order valence-corrected chi connectivity index (χ2v) is 5.76. The largest absolute Gasteiger partial charge is 0.396 e. The molecule has 0 aliphatic heterocycles. The lowest BCUT2D eigenvalue weighted by Gasteiger charge is -2.29. The maximum Gasteiger partial charge on any atom is 0.234 e. The molecule has 116 valence electrons. The third-order valence-corrected chi connectivity index (χ3v) is 3.63. The monoisotopic (exact) mass is 292 g/mol. The van der Waals surface area contributed by atoms with E-state index in [9.17, 15) is 5.11 Å². The fraction of sp³-hybridized carbons (Fsp3) is 0.600. The quantitative estimate of drug-likeness (QED) is 0.803. The molecular formula is C15H24N4O2. The average molecular weight is 292 g/mol. The molecular weight excluding hydrogens is 268 g/mol. The molecule has 1 unspecified atom stereocenters. The number of rotatable bonds is 7. The molecule has 0 spiro atoms. The van der Waals surface area contributed by atoms with Crippen LogP contribution in [0.5, 0.6) is 0 Å². The first kappa shape index (κ1) is 15.9. The molecule has 21 heavy (non-hydrogen) atoms. The molecule has 2 aromatic rings. The van der Waals surface area contributed by atoms with Gasteiger partial charge >= 0.3 is 0 Å². The van der Waals surface area contributed by atoms with Gasteiger partial charge < -0.3 is 15.2 Å². The summed E-state index contributed by atoms with van der Waals surface area (Å²) in [6, 6.07) is 2.03. The summed E-state index contributed by atoms with van der Waals surface area (Å²) in [7, 11) is 1.66. The third kappa shape index (κ3) is 3.78. The lowest BCUT2D eigenvalue weighted by atomic mass is 9.99. The molecule has 0 saturated heterocycles. The van der Waals surface area contributed by atoms with E-state index < -0.39 is 0 Å². The Bertz CT molecular complexity index is 603. The van der Waals surface area contributed by atoms with Crippen molar-refractivity contribution in [1.29, 1.82) is 0 Å². The number of ether oxygens (including phenoxy) is 1. The zero-order chi connectivity index (χ0) is 15.5. The highest BCUT2D eigenvalue weighted by Crippen LogP contribution is 2.13. The number of nitrogens with zero attached hydrogens (tertiary/aromatic N) is 3. The Hall–Kier alpha value is -1.50. The average Bonchev–Trinajstić information content (AvgIpc) is 2.80. The highest BCUT2D eigenvalue weighted by atomic mass is 16.5. The van der Waals surface area contributed by atoms with Gasteiger partial charge in [-0.2, -0.15) is 0 Å². The molecule has 2 N–H and O–H groups in total. The maximum absolute atomic E-state index is 9.18. The number of aryl methyl sites for hydroxylation is 2. The van der Waals surface area contributed by atoms with E-state index in [-0.39, 0.29) is 12.1 Å². The van der Waals surface area contributed by atoms with Gasteiger partial charge in [0.2, 0.25) is 5.78 Å². The normalized spacial score (nSPS) is 14.5. The Morgan fingerprint density at radius 1 is 1.38 bits per heavy atom. The minimum Gasteiger partial charge on any atom is -0.396 e. The van der Waals surface area contributed by atoms with Crippen molar-refractivity contribution in [3.8, 4) is 0 Å². The van der Waals surface area contributed by atoms with E-state index in [1.165, 1.54) is 0 Å². The molecule has 0 aliphatic carbocycles.